The molecule has 1 aliphatic carbocycles. The third kappa shape index (κ3) is 3.85. The molecule has 2 aliphatic rings. The van der Waals surface area contributed by atoms with E-state index >= 15 is 0 Å². The molecule has 1 N–H and O–H groups in total. The molecule has 8 heteroatoms. The number of nitrogens with one attached hydrogen (secondary N) is 1. The number of hydrogen-bond donors (Lipinski definition) is 1. The highest BCUT2D eigenvalue weighted by Crippen LogP contribution is 2.32. The Morgan fingerprint density at radius 3 is 2.63 bits per heavy atom. The molecule has 138 valence electrons. The largest absolute Gasteiger partial charge is 0.439 e. The maximum Gasteiger partial charge on any atom is 0.256 e. The van der Waals surface area contributed by atoms with Gasteiger partial charge in [0.2, 0.25) is 17.7 Å². The highest BCUT2D eigenvalue weighted by molar-refractivity contribution is 9.10. The van der Waals surface area contributed by atoms with E-state index in [0.717, 1.165) is 17.3 Å². The predicted octanol–water partition coefficient (Wildman–Crippen LogP) is 2.66. The van der Waals surface area contributed by atoms with Gasteiger partial charge in [-0.05, 0) is 37.1 Å². The zero-order chi connectivity index (χ0) is 19.0. The van der Waals surface area contributed by atoms with Crippen LogP contribution in [0.5, 0.6) is 11.6 Å². The number of halogens is 1. The van der Waals surface area contributed by atoms with E-state index in [1.54, 1.807) is 18.2 Å². The number of hydrogen-bond acceptors (Lipinski definition) is 5. The zero-order valence-electron chi connectivity index (χ0n) is 14.2. The summed E-state index contributed by atoms with van der Waals surface area (Å²) in [4.78, 5) is 42.2. The smallest absolute Gasteiger partial charge is 0.256 e. The Morgan fingerprint density at radius 1 is 1.22 bits per heavy atom. The first-order valence-corrected chi connectivity index (χ1v) is 9.36. The average Bonchev–Trinajstić information content (AvgIpc) is 3.41. The first-order valence-electron chi connectivity index (χ1n) is 8.57. The molecule has 0 unspecified atom stereocenters. The minimum Gasteiger partial charge on any atom is -0.439 e. The lowest BCUT2D eigenvalue weighted by atomic mass is 10.1. The Labute approximate surface area is 163 Å². The number of rotatable bonds is 5. The molecule has 1 atom stereocenters. The fourth-order valence-electron chi connectivity index (χ4n) is 3.05. The van der Waals surface area contributed by atoms with Gasteiger partial charge in [-0.1, -0.05) is 22.0 Å². The lowest BCUT2D eigenvalue weighted by Crippen LogP contribution is -2.45. The summed E-state index contributed by atoms with van der Waals surface area (Å²) in [5, 5.41) is 2.27. The summed E-state index contributed by atoms with van der Waals surface area (Å²) in [6, 6.07) is 9.83. The molecule has 0 radical (unpaired) electrons. The van der Waals surface area contributed by atoms with E-state index in [2.05, 4.69) is 26.2 Å². The SMILES string of the molecule is O=C1C[C@@H](N(C(=O)c2ccc(Oc3cccc(Br)c3)nc2)C2CC2)C(=O)N1. The number of benzene rings is 1. The lowest BCUT2D eigenvalue weighted by Gasteiger charge is -2.26. The van der Waals surface area contributed by atoms with Crippen LogP contribution in [0.1, 0.15) is 29.6 Å². The highest BCUT2D eigenvalue weighted by atomic mass is 79.9. The molecular weight excluding hydrogens is 414 g/mol. The summed E-state index contributed by atoms with van der Waals surface area (Å²) in [5.74, 6) is -0.0795. The van der Waals surface area contributed by atoms with Crippen molar-refractivity contribution in [3.63, 3.8) is 0 Å². The molecule has 1 saturated heterocycles. The molecule has 3 amide bonds. The Bertz CT molecular complexity index is 911. The molecule has 2 aromatic rings. The summed E-state index contributed by atoms with van der Waals surface area (Å²) in [7, 11) is 0. The Morgan fingerprint density at radius 2 is 2.04 bits per heavy atom. The number of aromatic nitrogens is 1. The van der Waals surface area contributed by atoms with Crippen molar-refractivity contribution in [2.75, 3.05) is 0 Å². The van der Waals surface area contributed by atoms with Gasteiger partial charge in [-0.2, -0.15) is 0 Å². The summed E-state index contributed by atoms with van der Waals surface area (Å²) >= 11 is 3.38. The highest BCUT2D eigenvalue weighted by Gasteiger charge is 2.44. The minimum atomic E-state index is -0.741. The fourth-order valence-corrected chi connectivity index (χ4v) is 3.42. The molecule has 2 heterocycles. The number of carbonyl (C=O) groups is 3. The number of carbonyl (C=O) groups excluding carboxylic acids is 3. The second-order valence-electron chi connectivity index (χ2n) is 6.52. The van der Waals surface area contributed by atoms with Crippen molar-refractivity contribution in [1.82, 2.24) is 15.2 Å². The van der Waals surface area contributed by atoms with Gasteiger partial charge in [-0.25, -0.2) is 4.98 Å². The first-order chi connectivity index (χ1) is 13.0. The third-order valence-corrected chi connectivity index (χ3v) is 4.95. The van der Waals surface area contributed by atoms with Crippen molar-refractivity contribution in [2.24, 2.45) is 0 Å². The van der Waals surface area contributed by atoms with Crippen molar-refractivity contribution >= 4 is 33.7 Å². The second kappa shape index (κ2) is 7.11. The number of imide groups is 1. The van der Waals surface area contributed by atoms with Crippen molar-refractivity contribution < 1.29 is 19.1 Å². The summed E-state index contributed by atoms with van der Waals surface area (Å²) in [6.07, 6.45) is 3.11. The molecule has 1 aromatic heterocycles. The average molecular weight is 430 g/mol. The Hall–Kier alpha value is -2.74. The molecule has 4 rings (SSSR count). The van der Waals surface area contributed by atoms with Gasteiger partial charge in [-0.15, -0.1) is 0 Å². The molecule has 1 aromatic carbocycles. The molecular formula is C19H16BrN3O4. The van der Waals surface area contributed by atoms with Crippen LogP contribution < -0.4 is 10.1 Å². The number of pyridine rings is 1. The van der Waals surface area contributed by atoms with Crippen LogP contribution in [0.2, 0.25) is 0 Å². The van der Waals surface area contributed by atoms with E-state index in [1.165, 1.54) is 11.1 Å². The number of ether oxygens (including phenoxy) is 1. The van der Waals surface area contributed by atoms with E-state index in [1.807, 2.05) is 18.2 Å². The van der Waals surface area contributed by atoms with Crippen LogP contribution in [-0.2, 0) is 9.59 Å². The zero-order valence-corrected chi connectivity index (χ0v) is 15.8. The topological polar surface area (TPSA) is 88.6 Å². The van der Waals surface area contributed by atoms with Crippen molar-refractivity contribution in [3.05, 3.63) is 52.6 Å². The molecule has 27 heavy (non-hydrogen) atoms. The maximum atomic E-state index is 12.9. The van der Waals surface area contributed by atoms with Crippen molar-refractivity contribution in [3.8, 4) is 11.6 Å². The predicted molar refractivity (Wildman–Crippen MR) is 99.2 cm³/mol. The van der Waals surface area contributed by atoms with Crippen LogP contribution in [0.25, 0.3) is 0 Å². The van der Waals surface area contributed by atoms with E-state index in [0.29, 0.717) is 17.2 Å². The van der Waals surface area contributed by atoms with E-state index in [9.17, 15) is 14.4 Å². The van der Waals surface area contributed by atoms with Gasteiger partial charge in [0.05, 0.1) is 12.0 Å². The fraction of sp³-hybridized carbons (Fsp3) is 0.263. The lowest BCUT2D eigenvalue weighted by molar-refractivity contribution is -0.126. The van der Waals surface area contributed by atoms with Gasteiger partial charge in [0.15, 0.2) is 0 Å². The van der Waals surface area contributed by atoms with Gasteiger partial charge in [-0.3, -0.25) is 19.7 Å². The number of nitrogens with zero attached hydrogens (tertiary/aromatic N) is 2. The summed E-state index contributed by atoms with van der Waals surface area (Å²) in [5.41, 5.74) is 0.357. The van der Waals surface area contributed by atoms with Gasteiger partial charge < -0.3 is 9.64 Å². The molecule has 0 spiro atoms. The van der Waals surface area contributed by atoms with Crippen molar-refractivity contribution in [1.29, 1.82) is 0 Å². The normalized spacial score (nSPS) is 18.9. The van der Waals surface area contributed by atoms with Crippen LogP contribution >= 0.6 is 15.9 Å². The van der Waals surface area contributed by atoms with Crippen LogP contribution in [0.15, 0.2) is 47.1 Å². The minimum absolute atomic E-state index is 0.00301. The van der Waals surface area contributed by atoms with Crippen LogP contribution in [-0.4, -0.2) is 39.7 Å². The third-order valence-electron chi connectivity index (χ3n) is 4.46. The van der Waals surface area contributed by atoms with Gasteiger partial charge >= 0.3 is 0 Å². The Balaban J connectivity index is 1.51. The Kier molecular flexibility index (Phi) is 4.65. The van der Waals surface area contributed by atoms with Crippen LogP contribution in [0, 0.1) is 0 Å². The summed E-state index contributed by atoms with van der Waals surface area (Å²) in [6.45, 7) is 0. The van der Waals surface area contributed by atoms with Gasteiger partial charge in [0, 0.05) is 22.8 Å². The molecule has 7 nitrogen and oxygen atoms in total. The molecule has 0 bridgehead atoms. The van der Waals surface area contributed by atoms with Crippen LogP contribution in [0.4, 0.5) is 0 Å². The van der Waals surface area contributed by atoms with E-state index in [-0.39, 0.29) is 24.3 Å². The molecule has 2 fully saturated rings. The first kappa shape index (κ1) is 17.7. The van der Waals surface area contributed by atoms with Crippen LogP contribution in [0.3, 0.4) is 0 Å². The monoisotopic (exact) mass is 429 g/mol. The quantitative estimate of drug-likeness (QED) is 0.737. The van der Waals surface area contributed by atoms with Gasteiger partial charge in [0.25, 0.3) is 5.91 Å². The van der Waals surface area contributed by atoms with E-state index in [4.69, 9.17) is 4.74 Å². The molecule has 1 saturated carbocycles. The standard InChI is InChI=1S/C19H16BrN3O4/c20-12-2-1-3-14(8-12)27-17-7-4-11(10-21-17)19(26)23(13-5-6-13)15-9-16(24)22-18(15)25/h1-4,7-8,10,13,15H,5-6,9H2,(H,22,24,25)/t15-/m1/s1. The van der Waals surface area contributed by atoms with Crippen molar-refractivity contribution in [2.45, 2.75) is 31.3 Å². The van der Waals surface area contributed by atoms with Gasteiger partial charge in [0.1, 0.15) is 11.8 Å². The summed E-state index contributed by atoms with van der Waals surface area (Å²) < 4.78 is 6.56. The van der Waals surface area contributed by atoms with E-state index < -0.39 is 11.9 Å². The second-order valence-corrected chi connectivity index (χ2v) is 7.44. The maximum absolute atomic E-state index is 12.9. The number of amides is 3. The molecule has 1 aliphatic heterocycles.